The number of fused-ring (bicyclic) bond motifs is 1. The lowest BCUT2D eigenvalue weighted by Gasteiger charge is -2.30. The molecule has 0 aliphatic carbocycles. The number of nitrogens with one attached hydrogen (secondary N) is 2. The Hall–Kier alpha value is -4.00. The van der Waals surface area contributed by atoms with Crippen LogP contribution < -0.4 is 16.4 Å². The highest BCUT2D eigenvalue weighted by Gasteiger charge is 2.50. The molecular weight excluding hydrogens is 987 g/mol. The monoisotopic (exact) mass is 1050 g/mol. The minimum atomic E-state index is -5.58. The Morgan fingerprint density at radius 1 is 0.899 bits per heavy atom. The van der Waals surface area contributed by atoms with E-state index in [9.17, 15) is 57.9 Å². The first-order valence-electron chi connectivity index (χ1n) is 21.5. The third-order valence-electron chi connectivity index (χ3n) is 9.44. The van der Waals surface area contributed by atoms with Crippen molar-refractivity contribution in [1.82, 2.24) is 30.2 Å². The Balaban J connectivity index is 1.32. The second-order valence-electron chi connectivity index (χ2n) is 15.6. The number of phosphoric ester groups is 3. The molecule has 1 aliphatic heterocycles. The van der Waals surface area contributed by atoms with Gasteiger partial charge in [-0.1, -0.05) is 99.4 Å². The van der Waals surface area contributed by atoms with Crippen molar-refractivity contribution in [3.63, 3.8) is 0 Å². The first-order chi connectivity index (χ1) is 32.6. The molecule has 2 amide bonds. The summed E-state index contributed by atoms with van der Waals surface area (Å²) in [5.41, 5.74) is 4.26. The van der Waals surface area contributed by atoms with Crippen LogP contribution in [0.5, 0.6) is 0 Å². The number of rotatable bonds is 31. The largest absolute Gasteiger partial charge is 0.481 e. The molecule has 3 heterocycles. The third-order valence-corrected chi connectivity index (χ3v) is 13.4. The van der Waals surface area contributed by atoms with Crippen LogP contribution in [0.4, 0.5) is 5.82 Å². The predicted molar refractivity (Wildman–Crippen MR) is 255 cm³/mol. The van der Waals surface area contributed by atoms with E-state index in [1.54, 1.807) is 12.2 Å². The molecule has 0 radical (unpaired) electrons. The van der Waals surface area contributed by atoms with E-state index in [0.717, 1.165) is 67.5 Å². The van der Waals surface area contributed by atoms with Crippen LogP contribution in [0.3, 0.4) is 0 Å². The van der Waals surface area contributed by atoms with Crippen molar-refractivity contribution in [2.24, 2.45) is 5.41 Å². The zero-order chi connectivity index (χ0) is 51.1. The molecular formula is C41H62N7O17P3S. The van der Waals surface area contributed by atoms with Gasteiger partial charge in [0.1, 0.15) is 36.3 Å². The number of amides is 2. The molecule has 7 atom stereocenters. The van der Waals surface area contributed by atoms with E-state index in [4.69, 9.17) is 19.5 Å². The average molecular weight is 1050 g/mol. The molecule has 0 saturated carbocycles. The molecule has 0 bridgehead atoms. The molecule has 2 aromatic heterocycles. The number of ether oxygens (including phenoxy) is 1. The number of imidazole rings is 1. The van der Waals surface area contributed by atoms with Crippen LogP contribution >= 0.6 is 35.2 Å². The summed E-state index contributed by atoms with van der Waals surface area (Å²) in [5, 5.41) is 26.3. The molecule has 10 N–H and O–H groups in total. The van der Waals surface area contributed by atoms with E-state index in [0.29, 0.717) is 5.75 Å². The Morgan fingerprint density at radius 3 is 2.20 bits per heavy atom. The number of nitrogens with zero attached hydrogens (tertiary/aromatic N) is 4. The molecule has 3 rings (SSSR count). The molecule has 1 fully saturated rings. The van der Waals surface area contributed by atoms with Crippen molar-refractivity contribution in [1.29, 1.82) is 0 Å². The van der Waals surface area contributed by atoms with Gasteiger partial charge in [-0.15, -0.1) is 0 Å². The van der Waals surface area contributed by atoms with Crippen molar-refractivity contribution in [3.05, 3.63) is 85.6 Å². The Bertz CT molecular complexity index is 2320. The lowest BCUT2D eigenvalue weighted by molar-refractivity contribution is -0.137. The second-order valence-corrected chi connectivity index (χ2v) is 20.9. The highest BCUT2D eigenvalue weighted by Crippen LogP contribution is 2.61. The van der Waals surface area contributed by atoms with Gasteiger partial charge in [-0.05, 0) is 44.6 Å². The first kappa shape index (κ1) is 59.3. The number of hydrogen-bond donors (Lipinski definition) is 9. The summed E-state index contributed by atoms with van der Waals surface area (Å²) in [5.74, 6) is -1.18. The molecule has 69 heavy (non-hydrogen) atoms. The number of anilines is 1. The van der Waals surface area contributed by atoms with E-state index < -0.39 is 84.6 Å². The van der Waals surface area contributed by atoms with Crippen LogP contribution in [-0.2, 0) is 50.7 Å². The number of aromatic nitrogens is 4. The van der Waals surface area contributed by atoms with Gasteiger partial charge in [0.05, 0.1) is 19.5 Å². The number of aliphatic hydroxyl groups excluding tert-OH is 2. The van der Waals surface area contributed by atoms with Gasteiger partial charge in [0.15, 0.2) is 17.7 Å². The van der Waals surface area contributed by atoms with Gasteiger partial charge in [-0.25, -0.2) is 28.6 Å². The number of nitrogen functional groups attached to an aromatic ring is 1. The molecule has 384 valence electrons. The van der Waals surface area contributed by atoms with Gasteiger partial charge in [0, 0.05) is 30.7 Å². The van der Waals surface area contributed by atoms with Gasteiger partial charge in [-0.2, -0.15) is 4.31 Å². The molecule has 1 saturated heterocycles. The zero-order valence-electron chi connectivity index (χ0n) is 38.2. The number of phosphoric acid groups is 3. The van der Waals surface area contributed by atoms with E-state index >= 15 is 0 Å². The molecule has 2 unspecified atom stereocenters. The predicted octanol–water partition coefficient (Wildman–Crippen LogP) is 4.36. The van der Waals surface area contributed by atoms with Gasteiger partial charge in [-0.3, -0.25) is 32.5 Å². The molecule has 28 heteroatoms. The second kappa shape index (κ2) is 29.4. The van der Waals surface area contributed by atoms with Gasteiger partial charge < -0.3 is 50.9 Å². The summed E-state index contributed by atoms with van der Waals surface area (Å²) in [6.07, 6.45) is 22.5. The van der Waals surface area contributed by atoms with E-state index in [1.165, 1.54) is 19.9 Å². The van der Waals surface area contributed by atoms with Crippen LogP contribution in [-0.4, -0.2) is 123 Å². The topological polar surface area (TPSA) is 364 Å². The summed E-state index contributed by atoms with van der Waals surface area (Å²) < 4.78 is 62.4. The van der Waals surface area contributed by atoms with Crippen LogP contribution in [0.15, 0.2) is 85.6 Å². The van der Waals surface area contributed by atoms with Crippen LogP contribution in [0.25, 0.3) is 11.2 Å². The van der Waals surface area contributed by atoms with E-state index in [1.807, 2.05) is 6.08 Å². The summed E-state index contributed by atoms with van der Waals surface area (Å²) >= 11 is 1.01. The number of hydrogen-bond acceptors (Lipinski definition) is 18. The minimum absolute atomic E-state index is 0.0282. The smallest absolute Gasteiger partial charge is 0.386 e. The Labute approximate surface area is 403 Å². The van der Waals surface area contributed by atoms with E-state index in [-0.39, 0.29) is 41.6 Å². The maximum atomic E-state index is 12.7. The number of nitrogens with two attached hydrogens (primary N) is 1. The Kier molecular flexibility index (Phi) is 25.2. The van der Waals surface area contributed by atoms with Gasteiger partial charge in [0.25, 0.3) is 0 Å². The maximum absolute atomic E-state index is 12.7. The number of allylic oxidation sites excluding steroid dienone is 11. The lowest BCUT2D eigenvalue weighted by Crippen LogP contribution is -2.46. The summed E-state index contributed by atoms with van der Waals surface area (Å²) in [4.78, 5) is 88.2. The fraction of sp³-hybridized carbons (Fsp3) is 0.512. The Morgan fingerprint density at radius 2 is 1.54 bits per heavy atom. The third kappa shape index (κ3) is 22.3. The molecule has 0 aromatic carbocycles. The standard InChI is InChI=1S/C41H62N7O17P3S/c1-4-5-6-7-8-9-10-11-12-13-14-15-16-17-18-19-20-21-32(50)69-25-24-43-31(49)22-23-44-39(53)36(52)41(2,3)27-62-68(59,60)65-67(57,58)61-26-30-35(64-66(54,55)56)34(51)40(63-30)48-29-47-33-37(42)45-28-46-38(33)48/h5-6,8-9,11-12,14-15,18-21,28-30,34-36,40,51-52H,4,7,10,13,16-17,22-27H2,1-3H3,(H,43,49)(H,44,53)(H,57,58)(H,59,60)(H2,42,45,46)(H2,54,55,56)/b6-5-,9-8-,12-11-,15-14-,19-18+,21-20+/t30-,34-,35-,36+,40-/m1/s1. The highest BCUT2D eigenvalue weighted by molar-refractivity contribution is 8.14. The van der Waals surface area contributed by atoms with Crippen molar-refractivity contribution < 1.29 is 80.5 Å². The molecule has 0 spiro atoms. The van der Waals surface area contributed by atoms with Gasteiger partial charge in [0.2, 0.25) is 16.9 Å². The maximum Gasteiger partial charge on any atom is 0.481 e. The minimum Gasteiger partial charge on any atom is -0.386 e. The summed E-state index contributed by atoms with van der Waals surface area (Å²) in [7, 11) is -16.4. The number of carbonyl (C=O) groups excluding carboxylic acids is 3. The average Bonchev–Trinajstić information content (AvgIpc) is 3.84. The SMILES string of the molecule is CC/C=C\C/C=C\C/C=C\C/C=C\CC/C=C/C=C/C(=O)SCCNC(=O)CCNC(=O)[C@H](O)C(C)(C)COP(=O)(O)OP(=O)(O)OC[C@H]1O[C@@H](n2cnc3c(N)ncnc32)[C@H](O)[C@@H]1OP(=O)(O)O. The molecule has 1 aliphatic rings. The first-order valence-corrected chi connectivity index (χ1v) is 27.1. The van der Waals surface area contributed by atoms with Crippen molar-refractivity contribution in [2.45, 2.75) is 96.4 Å². The lowest BCUT2D eigenvalue weighted by atomic mass is 9.87. The number of unbranched alkanes of at least 4 members (excludes halogenated alkanes) is 1. The molecule has 2 aromatic rings. The van der Waals surface area contributed by atoms with Crippen LogP contribution in [0, 0.1) is 5.41 Å². The highest BCUT2D eigenvalue weighted by atomic mass is 32.2. The van der Waals surface area contributed by atoms with Crippen LogP contribution in [0.2, 0.25) is 0 Å². The number of carbonyl (C=O) groups is 3. The fourth-order valence-electron chi connectivity index (χ4n) is 5.93. The summed E-state index contributed by atoms with van der Waals surface area (Å²) in [6, 6.07) is 0. The van der Waals surface area contributed by atoms with Crippen LogP contribution in [0.1, 0.15) is 71.9 Å². The zero-order valence-corrected chi connectivity index (χ0v) is 41.7. The van der Waals surface area contributed by atoms with Crippen molar-refractivity contribution >= 4 is 69.1 Å². The fourth-order valence-corrected chi connectivity index (χ4v) is 9.34. The number of thioether (sulfide) groups is 1. The summed E-state index contributed by atoms with van der Waals surface area (Å²) in [6.45, 7) is 2.55. The molecule has 24 nitrogen and oxygen atoms in total. The normalized spacial score (nSPS) is 20.5. The van der Waals surface area contributed by atoms with E-state index in [2.05, 4.69) is 90.0 Å². The van der Waals surface area contributed by atoms with Crippen molar-refractivity contribution in [3.8, 4) is 0 Å². The quantitative estimate of drug-likeness (QED) is 0.0166. The van der Waals surface area contributed by atoms with Gasteiger partial charge >= 0.3 is 23.5 Å². The number of aliphatic hydroxyl groups is 2. The van der Waals surface area contributed by atoms with Crippen molar-refractivity contribution in [2.75, 3.05) is 37.8 Å².